The van der Waals surface area contributed by atoms with Gasteiger partial charge in [0.25, 0.3) is 0 Å². The van der Waals surface area contributed by atoms with Crippen LogP contribution in [0.4, 0.5) is 4.79 Å². The van der Waals surface area contributed by atoms with Gasteiger partial charge in [0.2, 0.25) is 0 Å². The highest BCUT2D eigenvalue weighted by Crippen LogP contribution is 2.28. The quantitative estimate of drug-likeness (QED) is 0.902. The molecule has 0 saturated heterocycles. The molecule has 4 nitrogen and oxygen atoms in total. The van der Waals surface area contributed by atoms with Crippen molar-refractivity contribution in [3.8, 4) is 0 Å². The summed E-state index contributed by atoms with van der Waals surface area (Å²) < 4.78 is 5.22. The van der Waals surface area contributed by atoms with E-state index in [1.165, 1.54) is 0 Å². The van der Waals surface area contributed by atoms with Gasteiger partial charge in [0, 0.05) is 17.5 Å². The van der Waals surface area contributed by atoms with Gasteiger partial charge in [-0.15, -0.1) is 0 Å². The molecule has 0 fully saturated rings. The minimum atomic E-state index is -0.535. The number of hydrogen-bond donors (Lipinski definition) is 1. The van der Waals surface area contributed by atoms with Crippen molar-refractivity contribution in [3.63, 3.8) is 0 Å². The van der Waals surface area contributed by atoms with Gasteiger partial charge < -0.3 is 10.1 Å². The van der Waals surface area contributed by atoms with Crippen LogP contribution in [0.2, 0.25) is 0 Å². The summed E-state index contributed by atoms with van der Waals surface area (Å²) in [6, 6.07) is 7.36. The Morgan fingerprint density at radius 2 is 2.00 bits per heavy atom. The maximum atomic E-state index is 12.3. The average molecular weight is 275 g/mol. The Bertz CT molecular complexity index is 531. The second-order valence-corrected chi connectivity index (χ2v) is 6.27. The molecule has 1 aromatic carbocycles. The number of amides is 1. The molecule has 0 bridgehead atoms. The first kappa shape index (κ1) is 14.6. The summed E-state index contributed by atoms with van der Waals surface area (Å²) in [7, 11) is 0. The third-order valence-corrected chi connectivity index (χ3v) is 3.41. The van der Waals surface area contributed by atoms with Gasteiger partial charge in [-0.05, 0) is 39.7 Å². The Kier molecular flexibility index (Phi) is 3.84. The van der Waals surface area contributed by atoms with E-state index in [0.717, 1.165) is 11.1 Å². The molecule has 0 saturated carbocycles. The van der Waals surface area contributed by atoms with Crippen LogP contribution in [-0.2, 0) is 11.2 Å². The number of alkyl carbamates (subject to hydrolysis) is 1. The fourth-order valence-electron chi connectivity index (χ4n) is 2.47. The highest BCUT2D eigenvalue weighted by atomic mass is 16.6. The monoisotopic (exact) mass is 275 g/mol. The van der Waals surface area contributed by atoms with E-state index in [4.69, 9.17) is 4.74 Å². The average Bonchev–Trinajstić information content (AvgIpc) is 2.65. The lowest BCUT2D eigenvalue weighted by molar-refractivity contribution is 0.0492. The molecule has 108 valence electrons. The molecule has 0 spiro atoms. The maximum Gasteiger partial charge on any atom is 0.407 e. The Hall–Kier alpha value is -1.84. The lowest BCUT2D eigenvalue weighted by Crippen LogP contribution is -2.43. The number of benzene rings is 1. The van der Waals surface area contributed by atoms with E-state index in [-0.39, 0.29) is 17.7 Å². The summed E-state index contributed by atoms with van der Waals surface area (Å²) in [5.41, 5.74) is 1.29. The second-order valence-electron chi connectivity index (χ2n) is 6.27. The first-order valence-electron chi connectivity index (χ1n) is 6.89. The van der Waals surface area contributed by atoms with Crippen molar-refractivity contribution in [1.29, 1.82) is 0 Å². The molecular weight excluding hydrogens is 254 g/mol. The van der Waals surface area contributed by atoms with Crippen LogP contribution in [0.1, 0.15) is 43.6 Å². The highest BCUT2D eigenvalue weighted by Gasteiger charge is 2.35. The van der Waals surface area contributed by atoms with Gasteiger partial charge >= 0.3 is 6.09 Å². The molecule has 1 amide bonds. The predicted molar refractivity (Wildman–Crippen MR) is 76.8 cm³/mol. The summed E-state index contributed by atoms with van der Waals surface area (Å²) in [5.74, 6) is -0.107. The van der Waals surface area contributed by atoms with E-state index < -0.39 is 11.7 Å². The van der Waals surface area contributed by atoms with Gasteiger partial charge in [0.05, 0.1) is 0 Å². The minimum absolute atomic E-state index is 0.101. The van der Waals surface area contributed by atoms with Crippen molar-refractivity contribution in [2.75, 3.05) is 0 Å². The van der Waals surface area contributed by atoms with E-state index in [9.17, 15) is 9.59 Å². The standard InChI is InChI=1S/C16H21NO3/c1-10(17-15(19)20-16(2,3)4)13-9-11-7-5-6-8-12(11)14(13)18/h5-8,10,13H,9H2,1-4H3,(H,17,19). The van der Waals surface area contributed by atoms with Crippen LogP contribution in [0.25, 0.3) is 0 Å². The molecule has 2 rings (SSSR count). The first-order valence-corrected chi connectivity index (χ1v) is 6.89. The van der Waals surface area contributed by atoms with Crippen LogP contribution < -0.4 is 5.32 Å². The van der Waals surface area contributed by atoms with Crippen LogP contribution in [0.3, 0.4) is 0 Å². The second kappa shape index (κ2) is 5.27. The molecular formula is C16H21NO3. The third-order valence-electron chi connectivity index (χ3n) is 3.41. The van der Waals surface area contributed by atoms with Crippen molar-refractivity contribution < 1.29 is 14.3 Å². The van der Waals surface area contributed by atoms with E-state index in [2.05, 4.69) is 5.32 Å². The molecule has 1 aliphatic carbocycles. The summed E-state index contributed by atoms with van der Waals surface area (Å²) in [6.45, 7) is 7.29. The summed E-state index contributed by atoms with van der Waals surface area (Å²) >= 11 is 0. The number of ketones is 1. The van der Waals surface area contributed by atoms with Gasteiger partial charge in [-0.3, -0.25) is 4.79 Å². The van der Waals surface area contributed by atoms with E-state index in [0.29, 0.717) is 6.42 Å². The third kappa shape index (κ3) is 3.18. The minimum Gasteiger partial charge on any atom is -0.444 e. The Morgan fingerprint density at radius 1 is 1.35 bits per heavy atom. The molecule has 1 aromatic rings. The molecule has 1 N–H and O–H groups in total. The van der Waals surface area contributed by atoms with Gasteiger partial charge in [0.15, 0.2) is 5.78 Å². The van der Waals surface area contributed by atoms with Crippen molar-refractivity contribution in [2.24, 2.45) is 5.92 Å². The molecule has 20 heavy (non-hydrogen) atoms. The number of fused-ring (bicyclic) bond motifs is 1. The van der Waals surface area contributed by atoms with Crippen molar-refractivity contribution in [2.45, 2.75) is 45.8 Å². The fraction of sp³-hybridized carbons (Fsp3) is 0.500. The number of Topliss-reactive ketones (excluding diaryl/α,β-unsaturated/α-hetero) is 1. The largest absolute Gasteiger partial charge is 0.444 e. The number of carbonyl (C=O) groups excluding carboxylic acids is 2. The van der Waals surface area contributed by atoms with Gasteiger partial charge in [-0.25, -0.2) is 4.79 Å². The number of rotatable bonds is 2. The van der Waals surface area contributed by atoms with Crippen LogP contribution in [0.5, 0.6) is 0 Å². The lowest BCUT2D eigenvalue weighted by Gasteiger charge is -2.24. The topological polar surface area (TPSA) is 55.4 Å². The molecule has 0 heterocycles. The Morgan fingerprint density at radius 3 is 2.60 bits per heavy atom. The van der Waals surface area contributed by atoms with Crippen LogP contribution in [0.15, 0.2) is 24.3 Å². The lowest BCUT2D eigenvalue weighted by atomic mass is 9.97. The number of hydrogen-bond acceptors (Lipinski definition) is 3. The van der Waals surface area contributed by atoms with Crippen LogP contribution in [0, 0.1) is 5.92 Å². The molecule has 0 radical (unpaired) electrons. The molecule has 0 aliphatic heterocycles. The smallest absolute Gasteiger partial charge is 0.407 e. The zero-order valence-corrected chi connectivity index (χ0v) is 12.4. The highest BCUT2D eigenvalue weighted by molar-refractivity contribution is 6.02. The van der Waals surface area contributed by atoms with Crippen molar-refractivity contribution in [3.05, 3.63) is 35.4 Å². The van der Waals surface area contributed by atoms with E-state index in [1.807, 2.05) is 52.0 Å². The van der Waals surface area contributed by atoms with E-state index in [1.54, 1.807) is 0 Å². The zero-order valence-electron chi connectivity index (χ0n) is 12.4. The number of carbonyl (C=O) groups is 2. The Balaban J connectivity index is 2.00. The zero-order chi connectivity index (χ0) is 14.9. The molecule has 1 aliphatic rings. The van der Waals surface area contributed by atoms with Gasteiger partial charge in [-0.1, -0.05) is 24.3 Å². The molecule has 2 unspecified atom stereocenters. The van der Waals surface area contributed by atoms with Crippen LogP contribution >= 0.6 is 0 Å². The number of ether oxygens (including phenoxy) is 1. The molecule has 0 aromatic heterocycles. The Labute approximate surface area is 119 Å². The summed E-state index contributed by atoms with van der Waals surface area (Å²) in [6.07, 6.45) is 0.195. The first-order chi connectivity index (χ1) is 9.28. The fourth-order valence-corrected chi connectivity index (χ4v) is 2.47. The van der Waals surface area contributed by atoms with Gasteiger partial charge in [-0.2, -0.15) is 0 Å². The number of nitrogens with one attached hydrogen (secondary N) is 1. The van der Waals surface area contributed by atoms with Crippen molar-refractivity contribution in [1.82, 2.24) is 5.32 Å². The molecule has 4 heteroatoms. The SMILES string of the molecule is CC(NC(=O)OC(C)(C)C)C1Cc2ccccc2C1=O. The predicted octanol–water partition coefficient (Wildman–Crippen LogP) is 2.95. The summed E-state index contributed by atoms with van der Waals surface area (Å²) in [4.78, 5) is 24.1. The maximum absolute atomic E-state index is 12.3. The summed E-state index contributed by atoms with van der Waals surface area (Å²) in [5, 5.41) is 2.76. The van der Waals surface area contributed by atoms with Gasteiger partial charge in [0.1, 0.15) is 5.60 Å². The van der Waals surface area contributed by atoms with Crippen molar-refractivity contribution >= 4 is 11.9 Å². The van der Waals surface area contributed by atoms with E-state index >= 15 is 0 Å². The van der Waals surface area contributed by atoms with Crippen LogP contribution in [-0.4, -0.2) is 23.5 Å². The normalized spacial score (nSPS) is 19.4. The molecule has 2 atom stereocenters.